The molecule has 0 amide bonds. The van der Waals surface area contributed by atoms with Crippen LogP contribution in [-0.2, 0) is 0 Å². The summed E-state index contributed by atoms with van der Waals surface area (Å²) in [6.07, 6.45) is 15.1. The van der Waals surface area contributed by atoms with E-state index in [1.54, 1.807) is 42.6 Å². The molecule has 1 N–H and O–H groups in total. The zero-order valence-corrected chi connectivity index (χ0v) is 26.4. The van der Waals surface area contributed by atoms with E-state index in [2.05, 4.69) is 32.7 Å². The fourth-order valence-electron chi connectivity index (χ4n) is 4.76. The molecule has 0 heterocycles. The van der Waals surface area contributed by atoms with Gasteiger partial charge in [0, 0.05) is 17.8 Å². The van der Waals surface area contributed by atoms with Gasteiger partial charge in [-0.15, -0.1) is 0 Å². The number of rotatable bonds is 19. The number of aliphatic imine (C=N–C) groups is 1. The maximum Gasteiger partial charge on any atom is 0.343 e. The predicted octanol–water partition coefficient (Wildman–Crippen LogP) is 10.2. The molecule has 6 nitrogen and oxygen atoms in total. The van der Waals surface area contributed by atoms with E-state index < -0.39 is 5.97 Å². The maximum atomic E-state index is 12.7. The third-order valence-corrected chi connectivity index (χ3v) is 7.34. The number of unbranched alkanes of at least 4 members (excludes halogenated alkanes) is 7. The summed E-state index contributed by atoms with van der Waals surface area (Å²) in [4.78, 5) is 17.1. The number of phenols is 1. The summed E-state index contributed by atoms with van der Waals surface area (Å²) < 4.78 is 17.5. The van der Waals surface area contributed by atoms with Crippen LogP contribution in [0.25, 0.3) is 0 Å². The Morgan fingerprint density at radius 3 is 1.79 bits per heavy atom. The van der Waals surface area contributed by atoms with Crippen LogP contribution < -0.4 is 14.2 Å². The molecule has 0 bridgehead atoms. The van der Waals surface area contributed by atoms with Crippen molar-refractivity contribution in [1.82, 2.24) is 0 Å². The van der Waals surface area contributed by atoms with Gasteiger partial charge in [0.2, 0.25) is 0 Å². The van der Waals surface area contributed by atoms with Crippen molar-refractivity contribution in [3.05, 3.63) is 77.9 Å². The molecule has 0 unspecified atom stereocenters. The van der Waals surface area contributed by atoms with Crippen LogP contribution in [-0.4, -0.2) is 29.5 Å². The molecule has 43 heavy (non-hydrogen) atoms. The molecule has 6 heteroatoms. The van der Waals surface area contributed by atoms with Crippen LogP contribution in [0.15, 0.2) is 71.7 Å². The van der Waals surface area contributed by atoms with Crippen molar-refractivity contribution in [3.63, 3.8) is 0 Å². The summed E-state index contributed by atoms with van der Waals surface area (Å²) in [5.41, 5.74) is 1.66. The first-order chi connectivity index (χ1) is 20.9. The molecule has 0 saturated carbocycles. The monoisotopic (exact) mass is 587 g/mol. The van der Waals surface area contributed by atoms with Crippen molar-refractivity contribution < 1.29 is 24.1 Å². The van der Waals surface area contributed by atoms with Crippen LogP contribution in [0.1, 0.15) is 114 Å². The molecule has 0 spiro atoms. The standard InChI is InChI=1S/C37H49NO5/c1-5-7-9-11-13-15-29(4)41-33-21-16-30(17-22-33)37(40)43-35-23-18-31(36(39)26-35)27-38-32-19-24-34(25-20-32)42-28(3)14-12-10-8-6-2/h16-29,39H,5-15H2,1-4H3/t28-,29-/m0/s1. The SMILES string of the molecule is CCCCCCC[C@H](C)Oc1ccc(C(=O)Oc2ccc(C=Nc3ccc(O[C@@H](C)CCCCCC)cc3)c(O)c2)cc1. The Hall–Kier alpha value is -3.80. The number of phenolic OH excluding ortho intramolecular Hbond substituents is 1. The summed E-state index contributed by atoms with van der Waals surface area (Å²) in [5.74, 6) is 1.27. The topological polar surface area (TPSA) is 77.4 Å². The first-order valence-corrected chi connectivity index (χ1v) is 16.0. The van der Waals surface area contributed by atoms with Gasteiger partial charge in [0.25, 0.3) is 0 Å². The Kier molecular flexibility index (Phi) is 14.6. The molecule has 0 fully saturated rings. The highest BCUT2D eigenvalue weighted by Crippen LogP contribution is 2.26. The van der Waals surface area contributed by atoms with Crippen molar-refractivity contribution in [2.45, 2.75) is 111 Å². The molecule has 2 atom stereocenters. The van der Waals surface area contributed by atoms with Gasteiger partial charge in [-0.1, -0.05) is 58.8 Å². The van der Waals surface area contributed by atoms with Crippen molar-refractivity contribution >= 4 is 17.9 Å². The number of nitrogens with zero attached hydrogens (tertiary/aromatic N) is 1. The van der Waals surface area contributed by atoms with E-state index in [-0.39, 0.29) is 23.7 Å². The molecule has 0 aliphatic heterocycles. The summed E-state index contributed by atoms with van der Waals surface area (Å²) >= 11 is 0. The second kappa shape index (κ2) is 18.7. The Morgan fingerprint density at radius 2 is 1.23 bits per heavy atom. The number of aromatic hydroxyl groups is 1. The quantitative estimate of drug-likeness (QED) is 0.0653. The minimum atomic E-state index is -0.506. The van der Waals surface area contributed by atoms with Gasteiger partial charge >= 0.3 is 5.97 Å². The fraction of sp³-hybridized carbons (Fsp3) is 0.459. The number of carbonyl (C=O) groups excluding carboxylic acids is 1. The van der Waals surface area contributed by atoms with Gasteiger partial charge in [-0.25, -0.2) is 4.79 Å². The fourth-order valence-corrected chi connectivity index (χ4v) is 4.76. The minimum absolute atomic E-state index is 0.0293. The molecule has 3 aromatic rings. The molecule has 3 aromatic carbocycles. The normalized spacial score (nSPS) is 12.7. The van der Waals surface area contributed by atoms with Crippen LogP contribution >= 0.6 is 0 Å². The van der Waals surface area contributed by atoms with Gasteiger partial charge in [-0.2, -0.15) is 0 Å². The van der Waals surface area contributed by atoms with E-state index >= 15 is 0 Å². The average molecular weight is 588 g/mol. The maximum absolute atomic E-state index is 12.7. The van der Waals surface area contributed by atoms with Crippen LogP contribution in [0, 0.1) is 0 Å². The molecule has 232 valence electrons. The number of carbonyl (C=O) groups is 1. The molecular formula is C37H49NO5. The number of ether oxygens (including phenoxy) is 3. The van der Waals surface area contributed by atoms with Gasteiger partial charge in [-0.05, 0) is 100 Å². The predicted molar refractivity (Wildman–Crippen MR) is 176 cm³/mol. The van der Waals surface area contributed by atoms with Crippen LogP contribution in [0.2, 0.25) is 0 Å². The third kappa shape index (κ3) is 12.5. The zero-order chi connectivity index (χ0) is 30.9. The number of hydrogen-bond donors (Lipinski definition) is 1. The highest BCUT2D eigenvalue weighted by Gasteiger charge is 2.12. The van der Waals surface area contributed by atoms with Crippen molar-refractivity contribution in [1.29, 1.82) is 0 Å². The molecule has 0 aliphatic rings. The first-order valence-electron chi connectivity index (χ1n) is 16.0. The molecule has 0 aliphatic carbocycles. The summed E-state index contributed by atoms with van der Waals surface area (Å²) in [6, 6.07) is 19.3. The van der Waals surface area contributed by atoms with Gasteiger partial charge in [0.15, 0.2) is 0 Å². The van der Waals surface area contributed by atoms with E-state index in [4.69, 9.17) is 14.2 Å². The van der Waals surface area contributed by atoms with Gasteiger partial charge in [0.1, 0.15) is 23.0 Å². The summed E-state index contributed by atoms with van der Waals surface area (Å²) in [7, 11) is 0. The van der Waals surface area contributed by atoms with Crippen LogP contribution in [0.4, 0.5) is 5.69 Å². The molecule has 0 saturated heterocycles. The van der Waals surface area contributed by atoms with Crippen molar-refractivity contribution in [2.75, 3.05) is 0 Å². The van der Waals surface area contributed by atoms with Gasteiger partial charge in [-0.3, -0.25) is 4.99 Å². The van der Waals surface area contributed by atoms with E-state index in [0.717, 1.165) is 36.4 Å². The number of benzene rings is 3. The second-order valence-corrected chi connectivity index (χ2v) is 11.3. The lowest BCUT2D eigenvalue weighted by atomic mass is 10.1. The van der Waals surface area contributed by atoms with Crippen LogP contribution in [0.3, 0.4) is 0 Å². The van der Waals surface area contributed by atoms with Crippen LogP contribution in [0.5, 0.6) is 23.0 Å². The molecule has 0 aromatic heterocycles. The minimum Gasteiger partial charge on any atom is -0.507 e. The van der Waals surface area contributed by atoms with Crippen molar-refractivity contribution in [2.24, 2.45) is 4.99 Å². The highest BCUT2D eigenvalue weighted by molar-refractivity contribution is 5.91. The summed E-state index contributed by atoms with van der Waals surface area (Å²) in [5, 5.41) is 10.5. The highest BCUT2D eigenvalue weighted by atomic mass is 16.5. The Balaban J connectivity index is 1.47. The lowest BCUT2D eigenvalue weighted by Crippen LogP contribution is -2.12. The Morgan fingerprint density at radius 1 is 0.721 bits per heavy atom. The van der Waals surface area contributed by atoms with E-state index in [0.29, 0.717) is 11.1 Å². The zero-order valence-electron chi connectivity index (χ0n) is 26.4. The second-order valence-electron chi connectivity index (χ2n) is 11.3. The average Bonchev–Trinajstić information content (AvgIpc) is 3.00. The Labute approximate surface area is 258 Å². The van der Waals surface area contributed by atoms with E-state index in [1.807, 2.05) is 24.3 Å². The molecule has 3 rings (SSSR count). The lowest BCUT2D eigenvalue weighted by molar-refractivity contribution is 0.0734. The van der Waals surface area contributed by atoms with Crippen molar-refractivity contribution in [3.8, 4) is 23.0 Å². The van der Waals surface area contributed by atoms with Gasteiger partial charge < -0.3 is 19.3 Å². The molecule has 0 radical (unpaired) electrons. The molecular weight excluding hydrogens is 538 g/mol. The lowest BCUT2D eigenvalue weighted by Gasteiger charge is -2.15. The van der Waals surface area contributed by atoms with Gasteiger partial charge in [0.05, 0.1) is 23.5 Å². The van der Waals surface area contributed by atoms with E-state index in [1.165, 1.54) is 57.4 Å². The number of hydrogen-bond acceptors (Lipinski definition) is 6. The summed E-state index contributed by atoms with van der Waals surface area (Å²) in [6.45, 7) is 8.61. The third-order valence-electron chi connectivity index (χ3n) is 7.34. The number of esters is 1. The first kappa shape index (κ1) is 33.7. The smallest absolute Gasteiger partial charge is 0.343 e. The van der Waals surface area contributed by atoms with E-state index in [9.17, 15) is 9.90 Å². The Bertz CT molecular complexity index is 1250. The largest absolute Gasteiger partial charge is 0.507 e.